The predicted octanol–water partition coefficient (Wildman–Crippen LogP) is -0.255. The Morgan fingerprint density at radius 1 is 1.56 bits per heavy atom. The number of carbonyl (C=O) groups excluding carboxylic acids is 1. The topological polar surface area (TPSA) is 84.6 Å². The molecule has 1 rings (SSSR count). The minimum absolute atomic E-state index is 0.116. The molecule has 0 heterocycles. The number of nitrogens with two attached hydrogens (primary N) is 1. The van der Waals surface area contributed by atoms with Crippen LogP contribution in [0, 0.1) is 0 Å². The fourth-order valence-electron chi connectivity index (χ4n) is 1.28. The minimum Gasteiger partial charge on any atom is -0.490 e. The molecule has 4 N–H and O–H groups in total. The average Bonchev–Trinajstić information content (AvgIpc) is 2.27. The fraction of sp³-hybridized carbons (Fsp3) is 0.364. The van der Waals surface area contributed by atoms with E-state index in [1.165, 1.54) is 0 Å². The zero-order chi connectivity index (χ0) is 12.0. The van der Waals surface area contributed by atoms with Crippen molar-refractivity contribution in [2.24, 2.45) is 5.73 Å². The summed E-state index contributed by atoms with van der Waals surface area (Å²) in [6.45, 7) is 0.546. The van der Waals surface area contributed by atoms with Crippen LogP contribution < -0.4 is 15.8 Å². The lowest BCUT2D eigenvalue weighted by molar-refractivity contribution is 0.0968. The molecule has 5 nitrogen and oxygen atoms in total. The summed E-state index contributed by atoms with van der Waals surface area (Å²) in [4.78, 5) is 11.1. The van der Waals surface area contributed by atoms with Crippen LogP contribution in [0.5, 0.6) is 5.75 Å². The van der Waals surface area contributed by atoms with Gasteiger partial charge in [0.25, 0.3) is 5.91 Å². The van der Waals surface area contributed by atoms with Crippen molar-refractivity contribution >= 4 is 5.91 Å². The van der Waals surface area contributed by atoms with Crippen LogP contribution in [0.3, 0.4) is 0 Å². The summed E-state index contributed by atoms with van der Waals surface area (Å²) in [6.07, 6.45) is -0.620. The molecule has 5 heteroatoms. The van der Waals surface area contributed by atoms with Gasteiger partial charge >= 0.3 is 0 Å². The van der Waals surface area contributed by atoms with Gasteiger partial charge in [-0.1, -0.05) is 12.1 Å². The van der Waals surface area contributed by atoms with Gasteiger partial charge in [0.1, 0.15) is 18.5 Å². The van der Waals surface area contributed by atoms with Crippen molar-refractivity contribution in [1.82, 2.24) is 5.32 Å². The Bertz CT molecular complexity index is 355. The number of aliphatic hydroxyl groups is 1. The molecule has 0 bridgehead atoms. The van der Waals surface area contributed by atoms with Crippen LogP contribution in [0.2, 0.25) is 0 Å². The number of amides is 1. The van der Waals surface area contributed by atoms with Gasteiger partial charge in [0.2, 0.25) is 0 Å². The number of benzene rings is 1. The van der Waals surface area contributed by atoms with Crippen molar-refractivity contribution in [2.75, 3.05) is 20.2 Å². The molecule has 0 spiro atoms. The van der Waals surface area contributed by atoms with E-state index in [1.807, 2.05) is 0 Å². The standard InChI is InChI=1S/C11H16N2O3/c1-13-6-8(14)7-16-10-5-3-2-4-9(10)11(12)15/h2-5,8,13-14H,6-7H2,1H3,(H2,12,15). The monoisotopic (exact) mass is 224 g/mol. The van der Waals surface area contributed by atoms with Crippen LogP contribution in [0.1, 0.15) is 10.4 Å². The molecule has 0 aliphatic carbocycles. The van der Waals surface area contributed by atoms with Gasteiger partial charge in [-0.15, -0.1) is 0 Å². The third-order valence-electron chi connectivity index (χ3n) is 2.02. The van der Waals surface area contributed by atoms with Crippen molar-refractivity contribution in [2.45, 2.75) is 6.10 Å². The molecule has 1 aromatic rings. The van der Waals surface area contributed by atoms with Gasteiger partial charge in [0.15, 0.2) is 0 Å². The Balaban J connectivity index is 2.63. The Kier molecular flexibility index (Phi) is 4.75. The Labute approximate surface area is 94.2 Å². The lowest BCUT2D eigenvalue weighted by atomic mass is 10.2. The van der Waals surface area contributed by atoms with E-state index in [0.29, 0.717) is 17.9 Å². The normalized spacial score (nSPS) is 12.1. The summed E-state index contributed by atoms with van der Waals surface area (Å²) < 4.78 is 5.32. The van der Waals surface area contributed by atoms with E-state index in [1.54, 1.807) is 31.3 Å². The summed E-state index contributed by atoms with van der Waals surface area (Å²) >= 11 is 0. The largest absolute Gasteiger partial charge is 0.490 e. The van der Waals surface area contributed by atoms with E-state index in [-0.39, 0.29) is 6.61 Å². The first-order valence-corrected chi connectivity index (χ1v) is 4.99. The van der Waals surface area contributed by atoms with Gasteiger partial charge in [0, 0.05) is 6.54 Å². The van der Waals surface area contributed by atoms with Crippen LogP contribution in [0.15, 0.2) is 24.3 Å². The number of aliphatic hydroxyl groups excluding tert-OH is 1. The van der Waals surface area contributed by atoms with E-state index in [4.69, 9.17) is 10.5 Å². The molecule has 0 radical (unpaired) electrons. The zero-order valence-corrected chi connectivity index (χ0v) is 9.14. The summed E-state index contributed by atoms with van der Waals surface area (Å²) in [5.74, 6) is -0.149. The van der Waals surface area contributed by atoms with Gasteiger partial charge in [-0.2, -0.15) is 0 Å². The van der Waals surface area contributed by atoms with Crippen LogP contribution in [-0.2, 0) is 0 Å². The van der Waals surface area contributed by atoms with E-state index < -0.39 is 12.0 Å². The molecule has 16 heavy (non-hydrogen) atoms. The molecular weight excluding hydrogens is 208 g/mol. The van der Waals surface area contributed by atoms with Crippen LogP contribution >= 0.6 is 0 Å². The highest BCUT2D eigenvalue weighted by Crippen LogP contribution is 2.17. The first-order chi connectivity index (χ1) is 7.65. The molecular formula is C11H16N2O3. The number of hydrogen-bond acceptors (Lipinski definition) is 4. The van der Waals surface area contributed by atoms with Crippen molar-refractivity contribution in [1.29, 1.82) is 0 Å². The third kappa shape index (κ3) is 3.52. The number of para-hydroxylation sites is 1. The summed E-state index contributed by atoms with van der Waals surface area (Å²) in [6, 6.07) is 6.68. The molecule has 1 unspecified atom stereocenters. The van der Waals surface area contributed by atoms with Gasteiger partial charge < -0.3 is 20.9 Å². The lowest BCUT2D eigenvalue weighted by Gasteiger charge is -2.13. The number of ether oxygens (including phenoxy) is 1. The number of carbonyl (C=O) groups is 1. The third-order valence-corrected chi connectivity index (χ3v) is 2.02. The maximum atomic E-state index is 11.1. The Hall–Kier alpha value is -1.59. The molecule has 0 saturated carbocycles. The van der Waals surface area contributed by atoms with Crippen LogP contribution in [0.25, 0.3) is 0 Å². The highest BCUT2D eigenvalue weighted by Gasteiger charge is 2.10. The number of rotatable bonds is 6. The van der Waals surface area contributed by atoms with E-state index >= 15 is 0 Å². The predicted molar refractivity (Wildman–Crippen MR) is 60.4 cm³/mol. The Morgan fingerprint density at radius 3 is 2.88 bits per heavy atom. The molecule has 0 aliphatic rings. The SMILES string of the molecule is CNCC(O)COc1ccccc1C(N)=O. The molecule has 1 amide bonds. The molecule has 0 saturated heterocycles. The highest BCUT2D eigenvalue weighted by molar-refractivity contribution is 5.95. The second-order valence-electron chi connectivity index (χ2n) is 3.38. The molecule has 88 valence electrons. The van der Waals surface area contributed by atoms with E-state index in [2.05, 4.69) is 5.32 Å². The molecule has 0 aromatic heterocycles. The second kappa shape index (κ2) is 6.09. The number of nitrogens with one attached hydrogen (secondary N) is 1. The molecule has 0 fully saturated rings. The smallest absolute Gasteiger partial charge is 0.252 e. The summed E-state index contributed by atoms with van der Waals surface area (Å²) in [5, 5.41) is 12.3. The van der Waals surface area contributed by atoms with E-state index in [9.17, 15) is 9.90 Å². The van der Waals surface area contributed by atoms with E-state index in [0.717, 1.165) is 0 Å². The van der Waals surface area contributed by atoms with Crippen LogP contribution in [0.4, 0.5) is 0 Å². The van der Waals surface area contributed by atoms with Crippen molar-refractivity contribution < 1.29 is 14.6 Å². The van der Waals surface area contributed by atoms with Crippen LogP contribution in [-0.4, -0.2) is 37.3 Å². The minimum atomic E-state index is -0.620. The zero-order valence-electron chi connectivity index (χ0n) is 9.14. The maximum Gasteiger partial charge on any atom is 0.252 e. The Morgan fingerprint density at radius 2 is 2.25 bits per heavy atom. The van der Waals surface area contributed by atoms with Crippen molar-refractivity contribution in [3.63, 3.8) is 0 Å². The van der Waals surface area contributed by atoms with Gasteiger partial charge in [-0.3, -0.25) is 4.79 Å². The van der Waals surface area contributed by atoms with Gasteiger partial charge in [0.05, 0.1) is 5.56 Å². The second-order valence-corrected chi connectivity index (χ2v) is 3.38. The summed E-state index contributed by atoms with van der Waals surface area (Å²) in [7, 11) is 1.74. The highest BCUT2D eigenvalue weighted by atomic mass is 16.5. The lowest BCUT2D eigenvalue weighted by Crippen LogP contribution is -2.29. The van der Waals surface area contributed by atoms with Crippen molar-refractivity contribution in [3.8, 4) is 5.75 Å². The van der Waals surface area contributed by atoms with Gasteiger partial charge in [-0.05, 0) is 19.2 Å². The first-order valence-electron chi connectivity index (χ1n) is 4.99. The van der Waals surface area contributed by atoms with Gasteiger partial charge in [-0.25, -0.2) is 0 Å². The average molecular weight is 224 g/mol. The molecule has 1 aromatic carbocycles. The number of hydrogen-bond donors (Lipinski definition) is 3. The fourth-order valence-corrected chi connectivity index (χ4v) is 1.28. The number of likely N-dealkylation sites (N-methyl/N-ethyl adjacent to an activating group) is 1. The maximum absolute atomic E-state index is 11.1. The molecule has 1 atom stereocenters. The summed E-state index contributed by atoms with van der Waals surface area (Å²) in [5.41, 5.74) is 5.50. The quantitative estimate of drug-likeness (QED) is 0.622. The molecule has 0 aliphatic heterocycles. The van der Waals surface area contributed by atoms with Crippen molar-refractivity contribution in [3.05, 3.63) is 29.8 Å². The first kappa shape index (κ1) is 12.5. The number of primary amides is 1.